The maximum atomic E-state index is 11.7. The third-order valence-corrected chi connectivity index (χ3v) is 3.20. The highest BCUT2D eigenvalue weighted by atomic mass is 35.5. The van der Waals surface area contributed by atoms with E-state index in [2.05, 4.69) is 15.5 Å². The molecule has 2 N–H and O–H groups in total. The van der Waals surface area contributed by atoms with Crippen LogP contribution in [0.4, 0.5) is 5.82 Å². The van der Waals surface area contributed by atoms with Crippen LogP contribution in [0.3, 0.4) is 0 Å². The lowest BCUT2D eigenvalue weighted by Crippen LogP contribution is -2.20. The van der Waals surface area contributed by atoms with Gasteiger partial charge in [0.25, 0.3) is 5.91 Å². The Labute approximate surface area is 122 Å². The summed E-state index contributed by atoms with van der Waals surface area (Å²) in [5.41, 5.74) is 1.87. The summed E-state index contributed by atoms with van der Waals surface area (Å²) in [7, 11) is 0. The largest absolute Gasteiger partial charge is 0.484 e. The van der Waals surface area contributed by atoms with Gasteiger partial charge < -0.3 is 10.1 Å². The van der Waals surface area contributed by atoms with Crippen LogP contribution >= 0.6 is 11.6 Å². The lowest BCUT2D eigenvalue weighted by atomic mass is 10.2. The molecule has 0 spiro atoms. The van der Waals surface area contributed by atoms with Gasteiger partial charge in [0.15, 0.2) is 12.4 Å². The zero-order valence-corrected chi connectivity index (χ0v) is 12.1. The van der Waals surface area contributed by atoms with Crippen molar-refractivity contribution in [1.82, 2.24) is 10.2 Å². The standard InChI is InChI=1S/C14H16ClN3O2/c1-3-10-7-13(18-17-10)16-14(19)8-20-11-4-5-12(15)9(2)6-11/h4-7H,3,8H2,1-2H3,(H2,16,17,18,19). The predicted molar refractivity (Wildman–Crippen MR) is 78.3 cm³/mol. The number of rotatable bonds is 5. The van der Waals surface area contributed by atoms with E-state index in [1.807, 2.05) is 13.8 Å². The van der Waals surface area contributed by atoms with Gasteiger partial charge in [-0.2, -0.15) is 5.10 Å². The Bertz CT molecular complexity index is 610. The van der Waals surface area contributed by atoms with E-state index < -0.39 is 0 Å². The van der Waals surface area contributed by atoms with Gasteiger partial charge in [0.05, 0.1) is 0 Å². The molecule has 0 aliphatic carbocycles. The van der Waals surface area contributed by atoms with Crippen molar-refractivity contribution in [3.63, 3.8) is 0 Å². The molecule has 20 heavy (non-hydrogen) atoms. The van der Waals surface area contributed by atoms with E-state index in [1.54, 1.807) is 24.3 Å². The highest BCUT2D eigenvalue weighted by Crippen LogP contribution is 2.20. The molecular formula is C14H16ClN3O2. The Morgan fingerprint density at radius 2 is 2.25 bits per heavy atom. The lowest BCUT2D eigenvalue weighted by molar-refractivity contribution is -0.118. The molecule has 6 heteroatoms. The number of aryl methyl sites for hydroxylation is 2. The highest BCUT2D eigenvalue weighted by Gasteiger charge is 2.07. The van der Waals surface area contributed by atoms with Gasteiger partial charge in [-0.25, -0.2) is 0 Å². The number of aromatic nitrogens is 2. The van der Waals surface area contributed by atoms with Gasteiger partial charge >= 0.3 is 0 Å². The third kappa shape index (κ3) is 3.74. The van der Waals surface area contributed by atoms with Gasteiger partial charge in [0.2, 0.25) is 0 Å². The summed E-state index contributed by atoms with van der Waals surface area (Å²) in [6.07, 6.45) is 0.837. The zero-order chi connectivity index (χ0) is 14.5. The van der Waals surface area contributed by atoms with Crippen LogP contribution in [0.2, 0.25) is 5.02 Å². The summed E-state index contributed by atoms with van der Waals surface area (Å²) in [4.78, 5) is 11.7. The number of carbonyl (C=O) groups excluding carboxylic acids is 1. The van der Waals surface area contributed by atoms with E-state index in [0.29, 0.717) is 16.6 Å². The number of anilines is 1. The second kappa shape index (κ2) is 6.43. The van der Waals surface area contributed by atoms with Crippen molar-refractivity contribution in [3.05, 3.63) is 40.5 Å². The molecule has 1 amide bonds. The molecule has 1 aromatic carbocycles. The smallest absolute Gasteiger partial charge is 0.263 e. The van der Waals surface area contributed by atoms with Gasteiger partial charge in [-0.05, 0) is 37.1 Å². The number of nitrogens with zero attached hydrogens (tertiary/aromatic N) is 1. The first-order chi connectivity index (χ1) is 9.58. The summed E-state index contributed by atoms with van der Waals surface area (Å²) in [6.45, 7) is 3.81. The molecule has 0 unspecified atom stereocenters. The van der Waals surface area contributed by atoms with E-state index in [-0.39, 0.29) is 12.5 Å². The first-order valence-electron chi connectivity index (χ1n) is 6.31. The van der Waals surface area contributed by atoms with Crippen molar-refractivity contribution in [3.8, 4) is 5.75 Å². The molecule has 0 aliphatic rings. The van der Waals surface area contributed by atoms with Crippen LogP contribution in [0.15, 0.2) is 24.3 Å². The molecule has 0 radical (unpaired) electrons. The van der Waals surface area contributed by atoms with Crippen LogP contribution in [-0.4, -0.2) is 22.7 Å². The van der Waals surface area contributed by atoms with Crippen LogP contribution < -0.4 is 10.1 Å². The molecule has 0 saturated heterocycles. The normalized spacial score (nSPS) is 10.3. The lowest BCUT2D eigenvalue weighted by Gasteiger charge is -2.07. The van der Waals surface area contributed by atoms with E-state index in [4.69, 9.17) is 16.3 Å². The Balaban J connectivity index is 1.87. The fourth-order valence-electron chi connectivity index (χ4n) is 1.64. The molecule has 2 rings (SSSR count). The molecule has 0 aliphatic heterocycles. The van der Waals surface area contributed by atoms with Crippen LogP contribution in [0.1, 0.15) is 18.2 Å². The summed E-state index contributed by atoms with van der Waals surface area (Å²) in [5.74, 6) is 0.854. The van der Waals surface area contributed by atoms with Crippen LogP contribution in [-0.2, 0) is 11.2 Å². The maximum absolute atomic E-state index is 11.7. The number of aromatic amines is 1. The molecule has 0 saturated carbocycles. The summed E-state index contributed by atoms with van der Waals surface area (Å²) in [6, 6.07) is 7.06. The van der Waals surface area contributed by atoms with E-state index in [9.17, 15) is 4.79 Å². The van der Waals surface area contributed by atoms with Gasteiger partial charge in [-0.1, -0.05) is 18.5 Å². The van der Waals surface area contributed by atoms with Gasteiger partial charge in [0.1, 0.15) is 5.75 Å². The first kappa shape index (κ1) is 14.4. The van der Waals surface area contributed by atoms with Crippen LogP contribution in [0, 0.1) is 6.92 Å². The first-order valence-corrected chi connectivity index (χ1v) is 6.69. The van der Waals surface area contributed by atoms with Gasteiger partial charge in [0, 0.05) is 16.8 Å². The second-order valence-electron chi connectivity index (χ2n) is 4.38. The fourth-order valence-corrected chi connectivity index (χ4v) is 1.76. The minimum absolute atomic E-state index is 0.0740. The average Bonchev–Trinajstić information content (AvgIpc) is 2.88. The topological polar surface area (TPSA) is 67.0 Å². The number of nitrogens with one attached hydrogen (secondary N) is 2. The molecule has 0 fully saturated rings. The quantitative estimate of drug-likeness (QED) is 0.890. The molecule has 0 bridgehead atoms. The Morgan fingerprint density at radius 3 is 2.90 bits per heavy atom. The number of halogens is 1. The number of ether oxygens (including phenoxy) is 1. The molecule has 0 atom stereocenters. The summed E-state index contributed by atoms with van der Waals surface area (Å²) in [5, 5.41) is 10.1. The number of amides is 1. The third-order valence-electron chi connectivity index (χ3n) is 2.78. The van der Waals surface area contributed by atoms with Crippen molar-refractivity contribution in [2.24, 2.45) is 0 Å². The number of carbonyl (C=O) groups is 1. The van der Waals surface area contributed by atoms with Crippen molar-refractivity contribution >= 4 is 23.3 Å². The monoisotopic (exact) mass is 293 g/mol. The number of H-pyrrole nitrogens is 1. The molecule has 1 aromatic heterocycles. The average molecular weight is 294 g/mol. The number of hydrogen-bond acceptors (Lipinski definition) is 3. The molecule has 5 nitrogen and oxygen atoms in total. The summed E-state index contributed by atoms with van der Waals surface area (Å²) >= 11 is 5.92. The van der Waals surface area contributed by atoms with E-state index >= 15 is 0 Å². The van der Waals surface area contributed by atoms with E-state index in [0.717, 1.165) is 17.7 Å². The van der Waals surface area contributed by atoms with Crippen LogP contribution in [0.5, 0.6) is 5.75 Å². The Hall–Kier alpha value is -2.01. The Kier molecular flexibility index (Phi) is 4.63. The van der Waals surface area contributed by atoms with Gasteiger partial charge in [-0.3, -0.25) is 9.89 Å². The van der Waals surface area contributed by atoms with Crippen molar-refractivity contribution in [2.45, 2.75) is 20.3 Å². The highest BCUT2D eigenvalue weighted by molar-refractivity contribution is 6.31. The second-order valence-corrected chi connectivity index (χ2v) is 4.79. The molecule has 106 valence electrons. The predicted octanol–water partition coefficient (Wildman–Crippen LogP) is 2.95. The summed E-state index contributed by atoms with van der Waals surface area (Å²) < 4.78 is 5.40. The molecule has 1 heterocycles. The van der Waals surface area contributed by atoms with Crippen LogP contribution in [0.25, 0.3) is 0 Å². The van der Waals surface area contributed by atoms with Crippen molar-refractivity contribution < 1.29 is 9.53 Å². The van der Waals surface area contributed by atoms with Crippen molar-refractivity contribution in [2.75, 3.05) is 11.9 Å². The molecule has 2 aromatic rings. The zero-order valence-electron chi connectivity index (χ0n) is 11.4. The van der Waals surface area contributed by atoms with Crippen molar-refractivity contribution in [1.29, 1.82) is 0 Å². The maximum Gasteiger partial charge on any atom is 0.263 e. The fraction of sp³-hybridized carbons (Fsp3) is 0.286. The minimum atomic E-state index is -0.258. The molecular weight excluding hydrogens is 278 g/mol. The Morgan fingerprint density at radius 1 is 1.45 bits per heavy atom. The SMILES string of the molecule is CCc1cc(NC(=O)COc2ccc(Cl)c(C)c2)n[nH]1. The van der Waals surface area contributed by atoms with Gasteiger partial charge in [-0.15, -0.1) is 0 Å². The number of benzene rings is 1. The van der Waals surface area contributed by atoms with E-state index in [1.165, 1.54) is 0 Å². The number of hydrogen-bond donors (Lipinski definition) is 2. The minimum Gasteiger partial charge on any atom is -0.484 e.